The van der Waals surface area contributed by atoms with Gasteiger partial charge in [0.1, 0.15) is 0 Å². The zero-order valence-electron chi connectivity index (χ0n) is 5.59. The van der Waals surface area contributed by atoms with Gasteiger partial charge in [-0.05, 0) is 19.3 Å². The molecule has 0 spiro atoms. The van der Waals surface area contributed by atoms with Crippen molar-refractivity contribution in [2.75, 3.05) is 6.54 Å². The van der Waals surface area contributed by atoms with E-state index in [4.69, 9.17) is 5.21 Å². The van der Waals surface area contributed by atoms with Gasteiger partial charge in [-0.15, -0.1) is 0 Å². The third-order valence-corrected chi connectivity index (χ3v) is 2.45. The second-order valence-corrected chi connectivity index (χ2v) is 3.53. The van der Waals surface area contributed by atoms with Gasteiger partial charge in [0.15, 0.2) is 0 Å². The minimum absolute atomic E-state index is 0.181. The number of halogens is 1. The van der Waals surface area contributed by atoms with E-state index in [-0.39, 0.29) is 10.7 Å². The molecule has 1 N–H and O–H groups in total. The molecule has 1 rings (SSSR count). The average molecular weight is 208 g/mol. The summed E-state index contributed by atoms with van der Waals surface area (Å²) in [6.07, 6.45) is 2.72. The Bertz CT molecular complexity index is 126. The Morgan fingerprint density at radius 1 is 1.60 bits per heavy atom. The molecule has 0 saturated carbocycles. The maximum Gasteiger partial charge on any atom is 0.259 e. The van der Waals surface area contributed by atoms with Crippen molar-refractivity contribution in [1.29, 1.82) is 0 Å². The molecule has 1 saturated heterocycles. The van der Waals surface area contributed by atoms with Crippen molar-refractivity contribution in [3.63, 3.8) is 0 Å². The van der Waals surface area contributed by atoms with E-state index >= 15 is 0 Å². The lowest BCUT2D eigenvalue weighted by Crippen LogP contribution is -2.32. The topological polar surface area (TPSA) is 40.5 Å². The molecule has 58 valence electrons. The molecule has 1 atom stereocenters. The van der Waals surface area contributed by atoms with Crippen LogP contribution in [0.4, 0.5) is 0 Å². The quantitative estimate of drug-likeness (QED) is 0.479. The van der Waals surface area contributed by atoms with Gasteiger partial charge in [0.2, 0.25) is 0 Å². The van der Waals surface area contributed by atoms with Crippen LogP contribution in [0.15, 0.2) is 0 Å². The Kier molecular flexibility index (Phi) is 2.68. The van der Waals surface area contributed by atoms with E-state index < -0.39 is 0 Å². The summed E-state index contributed by atoms with van der Waals surface area (Å²) in [5.74, 6) is -0.211. The van der Waals surface area contributed by atoms with E-state index in [2.05, 4.69) is 15.9 Å². The lowest BCUT2D eigenvalue weighted by atomic mass is 10.2. The molecule has 0 aromatic heterocycles. The molecule has 0 radical (unpaired) electrons. The highest BCUT2D eigenvalue weighted by Crippen LogP contribution is 2.16. The van der Waals surface area contributed by atoms with Gasteiger partial charge in [0.25, 0.3) is 5.91 Å². The number of hydrogen-bond donors (Lipinski definition) is 1. The molecule has 4 heteroatoms. The standard InChI is InChI=1S/C6H10BrNO2/c7-5-3-1-2-4-8(10)6(5)9/h5,10H,1-4H2. The molecule has 10 heavy (non-hydrogen) atoms. The predicted molar refractivity (Wildman–Crippen MR) is 40.1 cm³/mol. The van der Waals surface area contributed by atoms with Gasteiger partial charge in [-0.25, -0.2) is 5.06 Å². The Morgan fingerprint density at radius 2 is 2.30 bits per heavy atom. The van der Waals surface area contributed by atoms with Crippen LogP contribution in [0.1, 0.15) is 19.3 Å². The first-order valence-electron chi connectivity index (χ1n) is 3.36. The summed E-state index contributed by atoms with van der Waals surface area (Å²) in [5, 5.41) is 9.78. The second kappa shape index (κ2) is 3.34. The summed E-state index contributed by atoms with van der Waals surface area (Å²) >= 11 is 3.19. The fraction of sp³-hybridized carbons (Fsp3) is 0.833. The van der Waals surface area contributed by atoms with E-state index in [9.17, 15) is 4.79 Å². The van der Waals surface area contributed by atoms with Crippen molar-refractivity contribution in [3.05, 3.63) is 0 Å². The number of carbonyl (C=O) groups is 1. The Hall–Kier alpha value is -0.0900. The molecule has 1 unspecified atom stereocenters. The van der Waals surface area contributed by atoms with E-state index in [1.807, 2.05) is 0 Å². The molecule has 1 aliphatic rings. The zero-order chi connectivity index (χ0) is 7.56. The lowest BCUT2D eigenvalue weighted by Gasteiger charge is -2.12. The number of carbonyl (C=O) groups excluding carboxylic acids is 1. The molecular formula is C6H10BrNO2. The Morgan fingerprint density at radius 3 is 3.00 bits per heavy atom. The number of nitrogens with zero attached hydrogens (tertiary/aromatic N) is 1. The van der Waals surface area contributed by atoms with Crippen molar-refractivity contribution >= 4 is 21.8 Å². The fourth-order valence-corrected chi connectivity index (χ4v) is 1.54. The normalized spacial score (nSPS) is 28.4. The number of alkyl halides is 1. The van der Waals surface area contributed by atoms with E-state index in [1.165, 1.54) is 0 Å². The lowest BCUT2D eigenvalue weighted by molar-refractivity contribution is -0.163. The molecule has 3 nitrogen and oxygen atoms in total. The second-order valence-electron chi connectivity index (χ2n) is 2.42. The molecular weight excluding hydrogens is 198 g/mol. The molecule has 0 aromatic carbocycles. The van der Waals surface area contributed by atoms with Crippen LogP contribution in [0.25, 0.3) is 0 Å². The summed E-state index contributed by atoms with van der Waals surface area (Å²) in [4.78, 5) is 10.8. The molecule has 1 aliphatic heterocycles. The molecule has 0 aromatic rings. The van der Waals surface area contributed by atoms with Crippen LogP contribution in [0, 0.1) is 0 Å². The highest BCUT2D eigenvalue weighted by Gasteiger charge is 2.22. The van der Waals surface area contributed by atoms with E-state index in [0.717, 1.165) is 24.3 Å². The fourth-order valence-electron chi connectivity index (χ4n) is 0.980. The maximum atomic E-state index is 11.0. The van der Waals surface area contributed by atoms with Crippen LogP contribution in [0.2, 0.25) is 0 Å². The summed E-state index contributed by atoms with van der Waals surface area (Å²) in [7, 11) is 0. The average Bonchev–Trinajstić information content (AvgIpc) is 2.04. The van der Waals surface area contributed by atoms with Crippen LogP contribution in [-0.2, 0) is 4.79 Å². The molecule has 1 heterocycles. The van der Waals surface area contributed by atoms with E-state index in [1.54, 1.807) is 0 Å². The van der Waals surface area contributed by atoms with Crippen molar-refractivity contribution in [2.45, 2.75) is 24.1 Å². The van der Waals surface area contributed by atoms with Crippen LogP contribution >= 0.6 is 15.9 Å². The first-order valence-corrected chi connectivity index (χ1v) is 4.27. The van der Waals surface area contributed by atoms with Crippen LogP contribution in [0.5, 0.6) is 0 Å². The summed E-state index contributed by atoms with van der Waals surface area (Å²) in [6, 6.07) is 0. The third kappa shape index (κ3) is 1.70. The summed E-state index contributed by atoms with van der Waals surface area (Å²) in [5.41, 5.74) is 0. The van der Waals surface area contributed by atoms with Crippen LogP contribution < -0.4 is 0 Å². The first-order chi connectivity index (χ1) is 4.72. The minimum Gasteiger partial charge on any atom is -0.286 e. The minimum atomic E-state index is -0.211. The summed E-state index contributed by atoms with van der Waals surface area (Å²) in [6.45, 7) is 0.473. The summed E-state index contributed by atoms with van der Waals surface area (Å²) < 4.78 is 0. The monoisotopic (exact) mass is 207 g/mol. The largest absolute Gasteiger partial charge is 0.286 e. The van der Waals surface area contributed by atoms with Gasteiger partial charge in [0, 0.05) is 6.54 Å². The van der Waals surface area contributed by atoms with Gasteiger partial charge in [0.05, 0.1) is 4.83 Å². The van der Waals surface area contributed by atoms with Crippen LogP contribution in [0.3, 0.4) is 0 Å². The van der Waals surface area contributed by atoms with Gasteiger partial charge in [-0.3, -0.25) is 10.0 Å². The van der Waals surface area contributed by atoms with Crippen molar-refractivity contribution in [3.8, 4) is 0 Å². The highest BCUT2D eigenvalue weighted by molar-refractivity contribution is 9.10. The molecule has 1 fully saturated rings. The maximum absolute atomic E-state index is 11.0. The molecule has 1 amide bonds. The number of hydrogen-bond acceptors (Lipinski definition) is 2. The predicted octanol–water partition coefficient (Wildman–Crippen LogP) is 1.15. The molecule has 0 bridgehead atoms. The number of hydroxylamine groups is 2. The third-order valence-electron chi connectivity index (χ3n) is 1.60. The van der Waals surface area contributed by atoms with E-state index in [0.29, 0.717) is 6.54 Å². The Balaban J connectivity index is 2.55. The van der Waals surface area contributed by atoms with Crippen molar-refractivity contribution < 1.29 is 10.0 Å². The number of rotatable bonds is 0. The number of amides is 1. The van der Waals surface area contributed by atoms with Gasteiger partial charge < -0.3 is 0 Å². The zero-order valence-corrected chi connectivity index (χ0v) is 7.17. The van der Waals surface area contributed by atoms with Crippen molar-refractivity contribution in [2.24, 2.45) is 0 Å². The van der Waals surface area contributed by atoms with Crippen LogP contribution in [-0.4, -0.2) is 27.5 Å². The van der Waals surface area contributed by atoms with Gasteiger partial charge in [-0.2, -0.15) is 0 Å². The first kappa shape index (κ1) is 8.01. The van der Waals surface area contributed by atoms with Crippen molar-refractivity contribution in [1.82, 2.24) is 5.06 Å². The SMILES string of the molecule is O=C1C(Br)CCCCN1O. The van der Waals surface area contributed by atoms with Gasteiger partial charge >= 0.3 is 0 Å². The van der Waals surface area contributed by atoms with Gasteiger partial charge in [-0.1, -0.05) is 15.9 Å². The Labute approximate surface area is 68.1 Å². The molecule has 0 aliphatic carbocycles. The highest BCUT2D eigenvalue weighted by atomic mass is 79.9. The smallest absolute Gasteiger partial charge is 0.259 e.